The summed E-state index contributed by atoms with van der Waals surface area (Å²) < 4.78 is 66.5. The number of aliphatic imine (C=N–C) groups is 1. The second-order valence-corrected chi connectivity index (χ2v) is 9.51. The fourth-order valence-corrected chi connectivity index (χ4v) is 4.26. The van der Waals surface area contributed by atoms with Gasteiger partial charge in [-0.05, 0) is 44.9 Å². The average molecular weight is 551 g/mol. The van der Waals surface area contributed by atoms with Crippen LogP contribution in [0, 0.1) is 5.92 Å². The van der Waals surface area contributed by atoms with Crippen LogP contribution in [0.5, 0.6) is 0 Å². The van der Waals surface area contributed by atoms with Crippen LogP contribution in [0.4, 0.5) is 33.7 Å². The number of likely N-dealkylation sites (tertiary alicyclic amines) is 1. The van der Waals surface area contributed by atoms with Gasteiger partial charge in [-0.15, -0.1) is 0 Å². The molecule has 1 saturated heterocycles. The highest BCUT2D eigenvalue weighted by Crippen LogP contribution is 2.26. The minimum absolute atomic E-state index is 0.000745. The molecule has 0 bridgehead atoms. The smallest absolute Gasteiger partial charge is 0.393 e. The van der Waals surface area contributed by atoms with E-state index in [9.17, 15) is 36.6 Å². The van der Waals surface area contributed by atoms with Crippen molar-refractivity contribution in [2.24, 2.45) is 10.9 Å². The van der Waals surface area contributed by atoms with E-state index in [0.717, 1.165) is 4.90 Å². The van der Waals surface area contributed by atoms with Gasteiger partial charge in [0.05, 0.1) is 12.7 Å². The molecule has 1 aliphatic carbocycles. The van der Waals surface area contributed by atoms with E-state index < -0.39 is 43.1 Å². The van der Waals surface area contributed by atoms with Crippen LogP contribution >= 0.6 is 0 Å². The van der Waals surface area contributed by atoms with E-state index in [-0.39, 0.29) is 55.5 Å². The van der Waals surface area contributed by atoms with Crippen molar-refractivity contribution in [1.82, 2.24) is 20.2 Å². The summed E-state index contributed by atoms with van der Waals surface area (Å²) in [7, 11) is 0. The molecule has 38 heavy (non-hydrogen) atoms. The van der Waals surface area contributed by atoms with Crippen LogP contribution in [0.1, 0.15) is 55.8 Å². The fourth-order valence-electron chi connectivity index (χ4n) is 4.26. The number of nitrogens with zero attached hydrogens (tertiary/aromatic N) is 4. The standard InChI is InChI=1S/C23H31F5N6O4/c1-13(12-38-21(24)25)31-22-30-10-17(19(33-22)29-9-14-2-4-16(35)5-3-14)20(37)32-15-6-7-34(11-15)18(36)8-23(26,27)28/h9-10,13-16,21,35H,2-8,11-12H2,1H3,(H,32,37)(H,30,31,33)/b29-9-/t13-,14?,15-,16?/m0/s1. The van der Waals surface area contributed by atoms with E-state index in [4.69, 9.17) is 0 Å². The van der Waals surface area contributed by atoms with Crippen molar-refractivity contribution >= 4 is 29.8 Å². The molecule has 2 atom stereocenters. The Balaban J connectivity index is 1.70. The van der Waals surface area contributed by atoms with Crippen molar-refractivity contribution in [1.29, 1.82) is 0 Å². The summed E-state index contributed by atoms with van der Waals surface area (Å²) in [5.74, 6) is -1.58. The van der Waals surface area contributed by atoms with Gasteiger partial charge >= 0.3 is 12.8 Å². The summed E-state index contributed by atoms with van der Waals surface area (Å²) in [5.41, 5.74) is -0.000745. The summed E-state index contributed by atoms with van der Waals surface area (Å²) in [4.78, 5) is 38.6. The molecule has 0 aromatic carbocycles. The van der Waals surface area contributed by atoms with Gasteiger partial charge in [-0.3, -0.25) is 9.59 Å². The lowest BCUT2D eigenvalue weighted by Crippen LogP contribution is -2.39. The normalized spacial score (nSPS) is 23.2. The number of anilines is 1. The molecular formula is C23H31F5N6O4. The topological polar surface area (TPSA) is 129 Å². The van der Waals surface area contributed by atoms with Gasteiger partial charge in [0.15, 0.2) is 5.82 Å². The highest BCUT2D eigenvalue weighted by atomic mass is 19.4. The maximum absolute atomic E-state index is 13.0. The molecule has 1 aromatic rings. The molecule has 2 amide bonds. The quantitative estimate of drug-likeness (QED) is 0.302. The number of hydrogen-bond donors (Lipinski definition) is 3. The van der Waals surface area contributed by atoms with Crippen molar-refractivity contribution in [3.8, 4) is 0 Å². The molecule has 0 spiro atoms. The van der Waals surface area contributed by atoms with E-state index in [1.165, 1.54) is 6.20 Å². The number of rotatable bonds is 10. The molecular weight excluding hydrogens is 519 g/mol. The lowest BCUT2D eigenvalue weighted by atomic mass is 9.88. The molecule has 1 saturated carbocycles. The Hall–Kier alpha value is -2.94. The van der Waals surface area contributed by atoms with Gasteiger partial charge in [0.2, 0.25) is 11.9 Å². The number of hydrogen-bond acceptors (Lipinski definition) is 8. The molecule has 15 heteroatoms. The molecule has 10 nitrogen and oxygen atoms in total. The minimum atomic E-state index is -4.61. The highest BCUT2D eigenvalue weighted by molar-refractivity contribution is 5.98. The third kappa shape index (κ3) is 9.42. The number of alkyl halides is 5. The SMILES string of the molecule is C[C@@H](COC(F)F)Nc1ncc(C(=O)N[C@H]2CCN(C(=O)CC(F)(F)F)C2)c(/N=C\C2CCC(O)CC2)n1. The van der Waals surface area contributed by atoms with Gasteiger partial charge in [0, 0.05) is 37.6 Å². The lowest BCUT2D eigenvalue weighted by molar-refractivity contribution is -0.160. The monoisotopic (exact) mass is 550 g/mol. The lowest BCUT2D eigenvalue weighted by Gasteiger charge is -2.22. The van der Waals surface area contributed by atoms with Crippen molar-refractivity contribution in [3.63, 3.8) is 0 Å². The second kappa shape index (κ2) is 13.2. The Kier molecular flexibility index (Phi) is 10.3. The number of aliphatic hydroxyl groups is 1. The number of halogens is 5. The van der Waals surface area contributed by atoms with E-state index in [1.807, 2.05) is 0 Å². The summed E-state index contributed by atoms with van der Waals surface area (Å²) in [6, 6.07) is -1.15. The molecule has 2 fully saturated rings. The molecule has 0 unspecified atom stereocenters. The maximum atomic E-state index is 13.0. The van der Waals surface area contributed by atoms with Gasteiger partial charge < -0.3 is 25.4 Å². The largest absolute Gasteiger partial charge is 0.397 e. The predicted molar refractivity (Wildman–Crippen MR) is 126 cm³/mol. The molecule has 3 N–H and O–H groups in total. The number of aliphatic hydroxyl groups excluding tert-OH is 1. The van der Waals surface area contributed by atoms with Crippen LogP contribution in [0.25, 0.3) is 0 Å². The zero-order valence-electron chi connectivity index (χ0n) is 20.8. The van der Waals surface area contributed by atoms with Gasteiger partial charge in [-0.2, -0.15) is 26.9 Å². The van der Waals surface area contributed by atoms with Crippen LogP contribution in [-0.2, 0) is 9.53 Å². The van der Waals surface area contributed by atoms with E-state index >= 15 is 0 Å². The number of amides is 2. The fraction of sp³-hybridized carbons (Fsp3) is 0.696. The first-order valence-electron chi connectivity index (χ1n) is 12.3. The zero-order valence-corrected chi connectivity index (χ0v) is 20.8. The first-order valence-corrected chi connectivity index (χ1v) is 12.3. The number of nitrogens with one attached hydrogen (secondary N) is 2. The number of carbonyl (C=O) groups is 2. The second-order valence-electron chi connectivity index (χ2n) is 9.51. The van der Waals surface area contributed by atoms with Gasteiger partial charge in [-0.25, -0.2) is 9.98 Å². The average Bonchev–Trinajstić information content (AvgIpc) is 3.30. The predicted octanol–water partition coefficient (Wildman–Crippen LogP) is 3.05. The number of ether oxygens (including phenoxy) is 1. The Morgan fingerprint density at radius 2 is 1.97 bits per heavy atom. The molecule has 2 heterocycles. The number of carbonyl (C=O) groups excluding carboxylic acids is 2. The van der Waals surface area contributed by atoms with Crippen molar-refractivity contribution in [2.45, 2.75) is 76.4 Å². The number of aromatic nitrogens is 2. The van der Waals surface area contributed by atoms with E-state index in [1.54, 1.807) is 13.1 Å². The van der Waals surface area contributed by atoms with Crippen LogP contribution in [-0.4, -0.2) is 88.7 Å². The van der Waals surface area contributed by atoms with Crippen LogP contribution < -0.4 is 10.6 Å². The highest BCUT2D eigenvalue weighted by Gasteiger charge is 2.36. The van der Waals surface area contributed by atoms with Crippen LogP contribution in [0.3, 0.4) is 0 Å². The Morgan fingerprint density at radius 3 is 2.63 bits per heavy atom. The summed E-state index contributed by atoms with van der Waals surface area (Å²) in [6.07, 6.45) is -0.757. The zero-order chi connectivity index (χ0) is 27.9. The molecule has 1 aromatic heterocycles. The summed E-state index contributed by atoms with van der Waals surface area (Å²) >= 11 is 0. The third-order valence-electron chi connectivity index (χ3n) is 6.24. The van der Waals surface area contributed by atoms with Gasteiger partial charge in [0.1, 0.15) is 12.0 Å². The first kappa shape index (κ1) is 29.6. The van der Waals surface area contributed by atoms with Crippen molar-refractivity contribution < 1.29 is 41.4 Å². The molecule has 212 valence electrons. The summed E-state index contributed by atoms with van der Waals surface area (Å²) in [6.45, 7) is -1.66. The van der Waals surface area contributed by atoms with Crippen LogP contribution in [0.2, 0.25) is 0 Å². The minimum Gasteiger partial charge on any atom is -0.393 e. The van der Waals surface area contributed by atoms with Crippen LogP contribution in [0.15, 0.2) is 11.2 Å². The van der Waals surface area contributed by atoms with Gasteiger partial charge in [0.25, 0.3) is 5.91 Å². The van der Waals surface area contributed by atoms with E-state index in [0.29, 0.717) is 25.7 Å². The van der Waals surface area contributed by atoms with Crippen molar-refractivity contribution in [2.75, 3.05) is 25.0 Å². The molecule has 3 rings (SSSR count). The first-order chi connectivity index (χ1) is 17.9. The van der Waals surface area contributed by atoms with E-state index in [2.05, 4.69) is 30.3 Å². The van der Waals surface area contributed by atoms with Crippen molar-refractivity contribution in [3.05, 3.63) is 11.8 Å². The Bertz CT molecular complexity index is 988. The molecule has 1 aliphatic heterocycles. The van der Waals surface area contributed by atoms with Gasteiger partial charge in [-0.1, -0.05) is 0 Å². The maximum Gasteiger partial charge on any atom is 0.397 e. The molecule has 0 radical (unpaired) electrons. The summed E-state index contributed by atoms with van der Waals surface area (Å²) in [5, 5.41) is 15.2. The molecule has 2 aliphatic rings. The Morgan fingerprint density at radius 1 is 1.26 bits per heavy atom. The Labute approximate surface area is 216 Å². The third-order valence-corrected chi connectivity index (χ3v) is 6.24.